The van der Waals surface area contributed by atoms with Gasteiger partial charge in [-0.1, -0.05) is 0 Å². The van der Waals surface area contributed by atoms with Crippen molar-refractivity contribution >= 4 is 31.9 Å². The molecule has 0 saturated carbocycles. The summed E-state index contributed by atoms with van der Waals surface area (Å²) in [6, 6.07) is 3.21. The van der Waals surface area contributed by atoms with E-state index in [1.54, 1.807) is 0 Å². The molecule has 0 spiro atoms. The topological polar surface area (TPSA) is 74.7 Å². The number of aliphatic carboxylic acids is 1. The summed E-state index contributed by atoms with van der Waals surface area (Å²) >= 11 is 3.01. The summed E-state index contributed by atoms with van der Waals surface area (Å²) in [5, 5.41) is 9.29. The van der Waals surface area contributed by atoms with Crippen LogP contribution in [0, 0.1) is 5.82 Å². The van der Waals surface area contributed by atoms with Crippen molar-refractivity contribution in [1.82, 2.24) is 4.31 Å². The van der Waals surface area contributed by atoms with Crippen LogP contribution in [0.15, 0.2) is 27.6 Å². The molecule has 5 nitrogen and oxygen atoms in total. The number of carboxylic acid groups (broad SMARTS) is 1. The van der Waals surface area contributed by atoms with Gasteiger partial charge < -0.3 is 5.11 Å². The van der Waals surface area contributed by atoms with E-state index < -0.39 is 27.3 Å². The zero-order valence-electron chi connectivity index (χ0n) is 10.6. The van der Waals surface area contributed by atoms with Gasteiger partial charge in [-0.05, 0) is 53.9 Å². The second kappa shape index (κ2) is 5.09. The average molecular weight is 366 g/mol. The van der Waals surface area contributed by atoms with Crippen LogP contribution in [0.4, 0.5) is 4.39 Å². The molecule has 1 aliphatic rings. The second-order valence-corrected chi connectivity index (χ2v) is 7.52. The Morgan fingerprint density at radius 1 is 1.50 bits per heavy atom. The molecular formula is C12H13BrFNO4S. The highest BCUT2D eigenvalue weighted by Gasteiger charge is 2.50. The molecule has 0 radical (unpaired) electrons. The molecule has 0 bridgehead atoms. The summed E-state index contributed by atoms with van der Waals surface area (Å²) < 4.78 is 39.3. The molecule has 1 N–H and O–H groups in total. The fourth-order valence-corrected chi connectivity index (χ4v) is 5.16. The normalized spacial score (nSPS) is 23.9. The van der Waals surface area contributed by atoms with Crippen molar-refractivity contribution in [2.45, 2.75) is 30.2 Å². The van der Waals surface area contributed by atoms with Gasteiger partial charge in [0.25, 0.3) is 0 Å². The van der Waals surface area contributed by atoms with E-state index in [0.29, 0.717) is 6.42 Å². The van der Waals surface area contributed by atoms with Gasteiger partial charge in [0.1, 0.15) is 11.4 Å². The standard InChI is InChI=1S/C12H13BrFNO4S/c1-12(11(16)17)5-2-6-15(12)20(18,19)10-4-3-8(14)7-9(10)13/h3-4,7H,2,5-6H2,1H3,(H,16,17). The van der Waals surface area contributed by atoms with Crippen molar-refractivity contribution in [2.75, 3.05) is 6.54 Å². The van der Waals surface area contributed by atoms with E-state index in [0.717, 1.165) is 22.5 Å². The van der Waals surface area contributed by atoms with Crippen molar-refractivity contribution in [2.24, 2.45) is 0 Å². The number of benzene rings is 1. The molecule has 1 unspecified atom stereocenters. The van der Waals surface area contributed by atoms with Gasteiger partial charge in [-0.15, -0.1) is 0 Å². The van der Waals surface area contributed by atoms with Crippen LogP contribution in [0.1, 0.15) is 19.8 Å². The van der Waals surface area contributed by atoms with E-state index in [1.807, 2.05) is 0 Å². The van der Waals surface area contributed by atoms with Gasteiger partial charge in [0.15, 0.2) is 0 Å². The van der Waals surface area contributed by atoms with Gasteiger partial charge in [0, 0.05) is 11.0 Å². The first-order valence-corrected chi connectivity index (χ1v) is 8.14. The number of rotatable bonds is 3. The quantitative estimate of drug-likeness (QED) is 0.890. The molecule has 8 heteroatoms. The monoisotopic (exact) mass is 365 g/mol. The number of carboxylic acids is 1. The van der Waals surface area contributed by atoms with Gasteiger partial charge in [-0.3, -0.25) is 4.79 Å². The molecule has 0 aromatic heterocycles. The molecule has 1 aromatic carbocycles. The predicted octanol–water partition coefficient (Wildman–Crippen LogP) is 2.22. The molecule has 1 fully saturated rings. The van der Waals surface area contributed by atoms with Crippen molar-refractivity contribution in [3.63, 3.8) is 0 Å². The number of hydrogen-bond donors (Lipinski definition) is 1. The second-order valence-electron chi connectivity index (χ2n) is 4.83. The van der Waals surface area contributed by atoms with Crippen LogP contribution in [0.25, 0.3) is 0 Å². The Bertz CT molecular complexity index is 663. The molecule has 1 atom stereocenters. The molecule has 110 valence electrons. The Balaban J connectivity index is 2.53. The summed E-state index contributed by atoms with van der Waals surface area (Å²) in [5.74, 6) is -1.75. The van der Waals surface area contributed by atoms with Gasteiger partial charge in [0.05, 0.1) is 4.90 Å². The third kappa shape index (κ3) is 2.36. The lowest BCUT2D eigenvalue weighted by molar-refractivity contribution is -0.146. The third-order valence-electron chi connectivity index (χ3n) is 3.50. The lowest BCUT2D eigenvalue weighted by Gasteiger charge is -2.30. The van der Waals surface area contributed by atoms with E-state index in [4.69, 9.17) is 0 Å². The highest BCUT2D eigenvalue weighted by molar-refractivity contribution is 9.10. The van der Waals surface area contributed by atoms with E-state index in [1.165, 1.54) is 6.92 Å². The highest BCUT2D eigenvalue weighted by Crippen LogP contribution is 2.36. The molecule has 20 heavy (non-hydrogen) atoms. The number of carbonyl (C=O) groups is 1. The molecule has 1 aliphatic heterocycles. The zero-order valence-corrected chi connectivity index (χ0v) is 13.0. The Morgan fingerprint density at radius 3 is 2.70 bits per heavy atom. The molecule has 0 amide bonds. The summed E-state index contributed by atoms with van der Waals surface area (Å²) in [7, 11) is -4.00. The summed E-state index contributed by atoms with van der Waals surface area (Å²) in [6.07, 6.45) is 0.723. The Labute approximate surface area is 124 Å². The van der Waals surface area contributed by atoms with Crippen LogP contribution in [0.5, 0.6) is 0 Å². The minimum absolute atomic E-state index is 0.0807. The maximum Gasteiger partial charge on any atom is 0.324 e. The zero-order chi connectivity index (χ0) is 15.1. The van der Waals surface area contributed by atoms with Crippen LogP contribution in [-0.4, -0.2) is 35.9 Å². The Kier molecular flexibility index (Phi) is 3.92. The smallest absolute Gasteiger partial charge is 0.324 e. The Hall–Kier alpha value is -0.990. The van der Waals surface area contributed by atoms with Gasteiger partial charge in [-0.2, -0.15) is 4.31 Å². The van der Waals surface area contributed by atoms with Crippen molar-refractivity contribution in [1.29, 1.82) is 0 Å². The van der Waals surface area contributed by atoms with E-state index in [9.17, 15) is 22.7 Å². The Morgan fingerprint density at radius 2 is 2.15 bits per heavy atom. The summed E-state index contributed by atoms with van der Waals surface area (Å²) in [5.41, 5.74) is -1.47. The largest absolute Gasteiger partial charge is 0.480 e. The minimum Gasteiger partial charge on any atom is -0.480 e. The average Bonchev–Trinajstić information content (AvgIpc) is 2.73. The fraction of sp³-hybridized carbons (Fsp3) is 0.417. The third-order valence-corrected chi connectivity index (χ3v) is 6.49. The van der Waals surface area contributed by atoms with E-state index in [2.05, 4.69) is 15.9 Å². The molecular weight excluding hydrogens is 353 g/mol. The van der Waals surface area contributed by atoms with E-state index in [-0.39, 0.29) is 22.3 Å². The number of sulfonamides is 1. The van der Waals surface area contributed by atoms with Gasteiger partial charge in [0.2, 0.25) is 10.0 Å². The minimum atomic E-state index is -4.00. The van der Waals surface area contributed by atoms with Crippen LogP contribution in [0.3, 0.4) is 0 Å². The molecule has 1 heterocycles. The van der Waals surface area contributed by atoms with Crippen molar-refractivity contribution in [3.05, 3.63) is 28.5 Å². The first kappa shape index (κ1) is 15.4. The lowest BCUT2D eigenvalue weighted by atomic mass is 10.0. The first-order chi connectivity index (χ1) is 9.19. The molecule has 1 saturated heterocycles. The van der Waals surface area contributed by atoms with Crippen molar-refractivity contribution < 1.29 is 22.7 Å². The number of nitrogens with zero attached hydrogens (tertiary/aromatic N) is 1. The number of hydrogen-bond acceptors (Lipinski definition) is 3. The maximum absolute atomic E-state index is 13.1. The first-order valence-electron chi connectivity index (χ1n) is 5.91. The fourth-order valence-electron chi connectivity index (χ4n) is 2.34. The lowest BCUT2D eigenvalue weighted by Crippen LogP contribution is -2.50. The van der Waals surface area contributed by atoms with Crippen LogP contribution in [0.2, 0.25) is 0 Å². The SMILES string of the molecule is CC1(C(=O)O)CCCN1S(=O)(=O)c1ccc(F)cc1Br. The summed E-state index contributed by atoms with van der Waals surface area (Å²) in [6.45, 7) is 1.52. The predicted molar refractivity (Wildman–Crippen MR) is 73.3 cm³/mol. The molecule has 2 rings (SSSR count). The van der Waals surface area contributed by atoms with Crippen LogP contribution in [-0.2, 0) is 14.8 Å². The van der Waals surface area contributed by atoms with Crippen molar-refractivity contribution in [3.8, 4) is 0 Å². The summed E-state index contributed by atoms with van der Waals surface area (Å²) in [4.78, 5) is 11.2. The molecule has 1 aromatic rings. The van der Waals surface area contributed by atoms with Gasteiger partial charge in [-0.25, -0.2) is 12.8 Å². The number of halogens is 2. The molecule has 0 aliphatic carbocycles. The van der Waals surface area contributed by atoms with Gasteiger partial charge >= 0.3 is 5.97 Å². The maximum atomic E-state index is 13.1. The highest BCUT2D eigenvalue weighted by atomic mass is 79.9. The van der Waals surface area contributed by atoms with E-state index >= 15 is 0 Å². The van der Waals surface area contributed by atoms with Crippen LogP contribution < -0.4 is 0 Å². The van der Waals surface area contributed by atoms with Crippen LogP contribution >= 0.6 is 15.9 Å².